The summed E-state index contributed by atoms with van der Waals surface area (Å²) in [6.45, 7) is 4.92. The highest BCUT2D eigenvalue weighted by Crippen LogP contribution is 2.35. The maximum atomic E-state index is 12.7. The molecule has 2 aromatic heterocycles. The molecule has 20 heavy (non-hydrogen) atoms. The van der Waals surface area contributed by atoms with Gasteiger partial charge in [0.15, 0.2) is 0 Å². The lowest BCUT2D eigenvalue weighted by Crippen LogP contribution is -2.38. The Morgan fingerprint density at radius 2 is 2.30 bits per heavy atom. The van der Waals surface area contributed by atoms with E-state index in [4.69, 9.17) is 5.73 Å². The molecule has 1 aliphatic carbocycles. The van der Waals surface area contributed by atoms with Gasteiger partial charge in [-0.15, -0.1) is 16.4 Å². The molecular formula is C14H18N4OS. The Labute approximate surface area is 121 Å². The molecule has 0 spiro atoms. The van der Waals surface area contributed by atoms with Crippen molar-refractivity contribution in [2.75, 3.05) is 12.3 Å². The van der Waals surface area contributed by atoms with E-state index in [-0.39, 0.29) is 11.9 Å². The van der Waals surface area contributed by atoms with E-state index in [1.165, 1.54) is 24.2 Å². The van der Waals surface area contributed by atoms with Gasteiger partial charge in [-0.3, -0.25) is 4.79 Å². The van der Waals surface area contributed by atoms with Gasteiger partial charge in [0.25, 0.3) is 5.91 Å². The minimum Gasteiger partial charge on any atom is -0.397 e. The van der Waals surface area contributed by atoms with E-state index in [2.05, 4.69) is 10.2 Å². The quantitative estimate of drug-likeness (QED) is 0.939. The Kier molecular flexibility index (Phi) is 3.33. The lowest BCUT2D eigenvalue weighted by atomic mass is 10.2. The third-order valence-electron chi connectivity index (χ3n) is 3.65. The van der Waals surface area contributed by atoms with Crippen molar-refractivity contribution in [2.45, 2.75) is 32.7 Å². The molecule has 1 aliphatic rings. The number of amides is 1. The first-order chi connectivity index (χ1) is 9.58. The van der Waals surface area contributed by atoms with E-state index in [0.29, 0.717) is 16.5 Å². The van der Waals surface area contributed by atoms with Gasteiger partial charge in [-0.2, -0.15) is 5.10 Å². The SMILES string of the molecule is CC(C)N(CC1CC1)C(=O)c1sc2nnccc2c1N. The molecule has 2 aromatic rings. The topological polar surface area (TPSA) is 72.1 Å². The highest BCUT2D eigenvalue weighted by atomic mass is 32.1. The van der Waals surface area contributed by atoms with Crippen LogP contribution in [0.1, 0.15) is 36.4 Å². The van der Waals surface area contributed by atoms with Crippen LogP contribution in [-0.2, 0) is 0 Å². The van der Waals surface area contributed by atoms with Crippen LogP contribution in [0.3, 0.4) is 0 Å². The number of hydrogen-bond acceptors (Lipinski definition) is 5. The minimum absolute atomic E-state index is 0.0207. The molecule has 106 valence electrons. The number of hydrogen-bond donors (Lipinski definition) is 1. The summed E-state index contributed by atoms with van der Waals surface area (Å²) in [6, 6.07) is 1.99. The van der Waals surface area contributed by atoms with Crippen molar-refractivity contribution in [3.05, 3.63) is 17.1 Å². The average Bonchev–Trinajstić information content (AvgIpc) is 3.19. The van der Waals surface area contributed by atoms with Crippen molar-refractivity contribution < 1.29 is 4.79 Å². The number of nitrogens with two attached hydrogens (primary N) is 1. The number of thiophene rings is 1. The van der Waals surface area contributed by atoms with Gasteiger partial charge in [0.05, 0.1) is 11.9 Å². The number of fused-ring (bicyclic) bond motifs is 1. The fraction of sp³-hybridized carbons (Fsp3) is 0.500. The molecule has 0 radical (unpaired) electrons. The Bertz CT molecular complexity index is 648. The molecule has 5 nitrogen and oxygen atoms in total. The first kappa shape index (κ1) is 13.3. The average molecular weight is 290 g/mol. The second-order valence-corrected chi connectivity index (χ2v) is 6.59. The standard InChI is InChI=1S/C14H18N4OS/c1-8(2)18(7-9-3-4-9)14(19)12-11(15)10-5-6-16-17-13(10)20-12/h5-6,8-9H,3-4,7,15H2,1-2H3. The summed E-state index contributed by atoms with van der Waals surface area (Å²) in [5, 5.41) is 8.71. The molecule has 0 atom stereocenters. The molecule has 6 heteroatoms. The van der Waals surface area contributed by atoms with Crippen molar-refractivity contribution in [1.82, 2.24) is 15.1 Å². The van der Waals surface area contributed by atoms with Gasteiger partial charge in [-0.1, -0.05) is 0 Å². The van der Waals surface area contributed by atoms with Gasteiger partial charge in [-0.25, -0.2) is 0 Å². The van der Waals surface area contributed by atoms with Crippen molar-refractivity contribution in [1.29, 1.82) is 0 Å². The molecule has 2 N–H and O–H groups in total. The number of rotatable bonds is 4. The van der Waals surface area contributed by atoms with E-state index in [9.17, 15) is 4.79 Å². The monoisotopic (exact) mass is 290 g/mol. The van der Waals surface area contributed by atoms with Crippen molar-refractivity contribution >= 4 is 33.1 Å². The van der Waals surface area contributed by atoms with Gasteiger partial charge < -0.3 is 10.6 Å². The minimum atomic E-state index is 0.0207. The van der Waals surface area contributed by atoms with Gasteiger partial charge in [0, 0.05) is 18.0 Å². The van der Waals surface area contributed by atoms with Crippen LogP contribution in [-0.4, -0.2) is 33.6 Å². The third kappa shape index (κ3) is 2.35. The first-order valence-corrected chi connectivity index (χ1v) is 7.70. The number of carbonyl (C=O) groups excluding carboxylic acids is 1. The number of carbonyl (C=O) groups is 1. The summed E-state index contributed by atoms with van der Waals surface area (Å²) in [5.41, 5.74) is 6.65. The van der Waals surface area contributed by atoms with Crippen LogP contribution in [0.15, 0.2) is 12.3 Å². The van der Waals surface area contributed by atoms with Crippen LogP contribution in [0.2, 0.25) is 0 Å². The Morgan fingerprint density at radius 1 is 1.55 bits per heavy atom. The zero-order valence-electron chi connectivity index (χ0n) is 11.7. The Morgan fingerprint density at radius 3 is 2.90 bits per heavy atom. The van der Waals surface area contributed by atoms with Crippen LogP contribution in [0.4, 0.5) is 5.69 Å². The molecule has 1 saturated carbocycles. The number of nitrogens with zero attached hydrogens (tertiary/aromatic N) is 3. The predicted octanol–water partition coefficient (Wildman–Crippen LogP) is 2.53. The van der Waals surface area contributed by atoms with Crippen molar-refractivity contribution in [2.24, 2.45) is 5.92 Å². The van der Waals surface area contributed by atoms with Gasteiger partial charge in [0.2, 0.25) is 0 Å². The van der Waals surface area contributed by atoms with Crippen LogP contribution in [0.25, 0.3) is 10.2 Å². The van der Waals surface area contributed by atoms with Crippen LogP contribution >= 0.6 is 11.3 Å². The van der Waals surface area contributed by atoms with Crippen molar-refractivity contribution in [3.63, 3.8) is 0 Å². The number of nitrogen functional groups attached to an aromatic ring is 1. The van der Waals surface area contributed by atoms with Crippen LogP contribution in [0.5, 0.6) is 0 Å². The molecule has 1 fully saturated rings. The summed E-state index contributed by atoms with van der Waals surface area (Å²) in [6.07, 6.45) is 4.05. The number of aromatic nitrogens is 2. The maximum absolute atomic E-state index is 12.7. The van der Waals surface area contributed by atoms with E-state index in [1.807, 2.05) is 24.8 Å². The highest BCUT2D eigenvalue weighted by molar-refractivity contribution is 7.21. The molecular weight excluding hydrogens is 272 g/mol. The fourth-order valence-electron chi connectivity index (χ4n) is 2.27. The maximum Gasteiger partial charge on any atom is 0.266 e. The van der Waals surface area contributed by atoms with Crippen LogP contribution < -0.4 is 5.73 Å². The molecule has 0 saturated heterocycles. The van der Waals surface area contributed by atoms with Crippen molar-refractivity contribution in [3.8, 4) is 0 Å². The van der Waals surface area contributed by atoms with Gasteiger partial charge in [0.1, 0.15) is 9.71 Å². The highest BCUT2D eigenvalue weighted by Gasteiger charge is 2.30. The first-order valence-electron chi connectivity index (χ1n) is 6.88. The zero-order chi connectivity index (χ0) is 14.3. The fourth-order valence-corrected chi connectivity index (χ4v) is 3.26. The second kappa shape index (κ2) is 5.01. The summed E-state index contributed by atoms with van der Waals surface area (Å²) >= 11 is 1.34. The summed E-state index contributed by atoms with van der Waals surface area (Å²) in [5.74, 6) is 0.684. The second-order valence-electron chi connectivity index (χ2n) is 5.59. The van der Waals surface area contributed by atoms with E-state index in [1.54, 1.807) is 6.20 Å². The molecule has 0 aromatic carbocycles. The van der Waals surface area contributed by atoms with Crippen LogP contribution in [0, 0.1) is 5.92 Å². The Balaban J connectivity index is 1.95. The molecule has 1 amide bonds. The van der Waals surface area contributed by atoms with E-state index in [0.717, 1.165) is 16.8 Å². The normalized spacial score (nSPS) is 14.9. The predicted molar refractivity (Wildman–Crippen MR) is 80.7 cm³/mol. The number of anilines is 1. The smallest absolute Gasteiger partial charge is 0.266 e. The summed E-state index contributed by atoms with van der Waals surface area (Å²) < 4.78 is 0. The van der Waals surface area contributed by atoms with Gasteiger partial charge >= 0.3 is 0 Å². The van der Waals surface area contributed by atoms with E-state index >= 15 is 0 Å². The van der Waals surface area contributed by atoms with Gasteiger partial charge in [-0.05, 0) is 38.7 Å². The largest absolute Gasteiger partial charge is 0.397 e. The third-order valence-corrected chi connectivity index (χ3v) is 4.74. The summed E-state index contributed by atoms with van der Waals surface area (Å²) in [4.78, 5) is 16.0. The van der Waals surface area contributed by atoms with E-state index < -0.39 is 0 Å². The molecule has 0 bridgehead atoms. The Hall–Kier alpha value is -1.69. The summed E-state index contributed by atoms with van der Waals surface area (Å²) in [7, 11) is 0. The lowest BCUT2D eigenvalue weighted by molar-refractivity contribution is 0.0702. The molecule has 2 heterocycles. The molecule has 0 aliphatic heterocycles. The lowest BCUT2D eigenvalue weighted by Gasteiger charge is -2.26. The molecule has 3 rings (SSSR count). The molecule has 0 unspecified atom stereocenters. The zero-order valence-corrected chi connectivity index (χ0v) is 12.5.